The van der Waals surface area contributed by atoms with E-state index in [0.717, 1.165) is 39.3 Å². The highest BCUT2D eigenvalue weighted by atomic mass is 16.1. The van der Waals surface area contributed by atoms with Crippen LogP contribution in [0.1, 0.15) is 21.6 Å². The summed E-state index contributed by atoms with van der Waals surface area (Å²) in [7, 11) is 0. The number of nitriles is 1. The number of pyridine rings is 2. The number of nitrogens with zero attached hydrogens (tertiary/aromatic N) is 3. The molecular formula is C29H22N6O. The Labute approximate surface area is 208 Å². The molecule has 0 saturated heterocycles. The molecule has 0 saturated carbocycles. The predicted octanol–water partition coefficient (Wildman–Crippen LogP) is 6.55. The molecule has 174 valence electrons. The largest absolute Gasteiger partial charge is 0.355 e. The topological polar surface area (TPSA) is 103 Å². The van der Waals surface area contributed by atoms with Crippen LogP contribution < -0.4 is 16.0 Å². The summed E-state index contributed by atoms with van der Waals surface area (Å²) >= 11 is 0. The molecule has 0 unspecified atom stereocenters. The normalized spacial score (nSPS) is 10.4. The molecule has 0 radical (unpaired) electrons. The lowest BCUT2D eigenvalue weighted by molar-refractivity contribution is 0.102. The summed E-state index contributed by atoms with van der Waals surface area (Å²) in [6.45, 7) is 1.94. The van der Waals surface area contributed by atoms with Crippen LogP contribution in [0.2, 0.25) is 0 Å². The molecule has 0 aliphatic heterocycles. The van der Waals surface area contributed by atoms with E-state index in [1.807, 2.05) is 73.7 Å². The van der Waals surface area contributed by atoms with E-state index in [-0.39, 0.29) is 5.91 Å². The average molecular weight is 471 g/mol. The molecule has 5 aromatic rings. The molecule has 3 aromatic carbocycles. The molecule has 36 heavy (non-hydrogen) atoms. The Kier molecular flexibility index (Phi) is 6.24. The molecule has 0 spiro atoms. The molecule has 0 bridgehead atoms. The fourth-order valence-corrected chi connectivity index (χ4v) is 3.85. The first kappa shape index (κ1) is 22.6. The Morgan fingerprint density at radius 3 is 2.36 bits per heavy atom. The number of hydrogen-bond donors (Lipinski definition) is 3. The number of carbonyl (C=O) groups is 1. The van der Waals surface area contributed by atoms with E-state index in [4.69, 9.17) is 0 Å². The zero-order valence-corrected chi connectivity index (χ0v) is 19.5. The number of carbonyl (C=O) groups excluding carboxylic acids is 1. The van der Waals surface area contributed by atoms with Gasteiger partial charge in [0.05, 0.1) is 17.1 Å². The van der Waals surface area contributed by atoms with Crippen LogP contribution in [-0.2, 0) is 0 Å². The van der Waals surface area contributed by atoms with E-state index < -0.39 is 0 Å². The average Bonchev–Trinajstić information content (AvgIpc) is 2.89. The van der Waals surface area contributed by atoms with Gasteiger partial charge < -0.3 is 16.0 Å². The van der Waals surface area contributed by atoms with Crippen molar-refractivity contribution in [2.45, 2.75) is 6.92 Å². The molecule has 3 N–H and O–H groups in total. The van der Waals surface area contributed by atoms with Crippen LogP contribution in [0.5, 0.6) is 0 Å². The fourth-order valence-electron chi connectivity index (χ4n) is 3.85. The second-order valence-electron chi connectivity index (χ2n) is 8.25. The van der Waals surface area contributed by atoms with Crippen LogP contribution in [-0.4, -0.2) is 15.9 Å². The highest BCUT2D eigenvalue weighted by Crippen LogP contribution is 2.26. The summed E-state index contributed by atoms with van der Waals surface area (Å²) in [5, 5.41) is 19.7. The smallest absolute Gasteiger partial charge is 0.255 e. The standard InChI is InChI=1S/C29H22N6O/c1-19-15-25(11-13-31-19)33-23-3-2-4-24(17-23)35-29(36)21-6-8-22(9-7-21)34-28-12-14-32-27-10-5-20(18-30)16-26(27)28/h2-17H,1H3,(H,31,33)(H,32,34)(H,35,36). The molecule has 0 atom stereocenters. The van der Waals surface area contributed by atoms with E-state index in [1.165, 1.54) is 0 Å². The van der Waals surface area contributed by atoms with E-state index in [9.17, 15) is 10.1 Å². The number of nitrogens with one attached hydrogen (secondary N) is 3. The van der Waals surface area contributed by atoms with Gasteiger partial charge in [0.2, 0.25) is 0 Å². The molecule has 0 fully saturated rings. The van der Waals surface area contributed by atoms with Crippen molar-refractivity contribution >= 4 is 45.2 Å². The number of anilines is 5. The summed E-state index contributed by atoms with van der Waals surface area (Å²) < 4.78 is 0. The van der Waals surface area contributed by atoms with Crippen molar-refractivity contribution in [1.82, 2.24) is 9.97 Å². The van der Waals surface area contributed by atoms with E-state index in [0.29, 0.717) is 16.8 Å². The molecule has 1 amide bonds. The lowest BCUT2D eigenvalue weighted by Crippen LogP contribution is -2.11. The SMILES string of the molecule is Cc1cc(Nc2cccc(NC(=O)c3ccc(Nc4ccnc5ccc(C#N)cc45)cc3)c2)ccn1. The van der Waals surface area contributed by atoms with Crippen molar-refractivity contribution in [1.29, 1.82) is 5.26 Å². The fraction of sp³-hybridized carbons (Fsp3) is 0.0345. The number of fused-ring (bicyclic) bond motifs is 1. The number of hydrogen-bond acceptors (Lipinski definition) is 6. The Morgan fingerprint density at radius 2 is 1.56 bits per heavy atom. The molecule has 2 heterocycles. The highest BCUT2D eigenvalue weighted by Gasteiger charge is 2.08. The minimum Gasteiger partial charge on any atom is -0.355 e. The maximum absolute atomic E-state index is 12.8. The maximum atomic E-state index is 12.8. The third kappa shape index (κ3) is 5.13. The van der Waals surface area contributed by atoms with E-state index in [1.54, 1.807) is 30.6 Å². The van der Waals surface area contributed by atoms with Crippen LogP contribution in [0.3, 0.4) is 0 Å². The van der Waals surface area contributed by atoms with E-state index in [2.05, 4.69) is 32.0 Å². The van der Waals surface area contributed by atoms with Crippen molar-refractivity contribution in [2.24, 2.45) is 0 Å². The van der Waals surface area contributed by atoms with Crippen molar-refractivity contribution in [3.63, 3.8) is 0 Å². The Hall–Kier alpha value is -5.22. The minimum atomic E-state index is -0.202. The van der Waals surface area contributed by atoms with Gasteiger partial charge in [0.15, 0.2) is 0 Å². The van der Waals surface area contributed by atoms with E-state index >= 15 is 0 Å². The Morgan fingerprint density at radius 1 is 0.778 bits per heavy atom. The van der Waals surface area contributed by atoms with Crippen LogP contribution in [0.25, 0.3) is 10.9 Å². The summed E-state index contributed by atoms with van der Waals surface area (Å²) in [5.74, 6) is -0.202. The molecule has 0 aliphatic rings. The number of amides is 1. The zero-order valence-electron chi connectivity index (χ0n) is 19.5. The van der Waals surface area contributed by atoms with Crippen LogP contribution in [0, 0.1) is 18.3 Å². The van der Waals surface area contributed by atoms with Gasteiger partial charge in [-0.3, -0.25) is 14.8 Å². The predicted molar refractivity (Wildman–Crippen MR) is 143 cm³/mol. The number of rotatable bonds is 6. The number of aryl methyl sites for hydroxylation is 1. The van der Waals surface area contributed by atoms with Crippen molar-refractivity contribution < 1.29 is 4.79 Å². The molecule has 7 nitrogen and oxygen atoms in total. The lowest BCUT2D eigenvalue weighted by atomic mass is 10.1. The second kappa shape index (κ2) is 9.95. The quantitative estimate of drug-likeness (QED) is 0.260. The highest BCUT2D eigenvalue weighted by molar-refractivity contribution is 6.04. The first-order chi connectivity index (χ1) is 17.6. The first-order valence-electron chi connectivity index (χ1n) is 11.3. The van der Waals surface area contributed by atoms with Crippen LogP contribution in [0.15, 0.2) is 97.3 Å². The maximum Gasteiger partial charge on any atom is 0.255 e. The Balaban J connectivity index is 1.28. The van der Waals surface area contributed by atoms with Gasteiger partial charge in [0, 0.05) is 57.5 Å². The molecule has 0 aliphatic carbocycles. The molecule has 7 heteroatoms. The van der Waals surface area contributed by atoms with Gasteiger partial charge in [-0.15, -0.1) is 0 Å². The summed E-state index contributed by atoms with van der Waals surface area (Å²) in [4.78, 5) is 21.4. The van der Waals surface area contributed by atoms with Gasteiger partial charge in [-0.1, -0.05) is 6.07 Å². The number of aromatic nitrogens is 2. The van der Waals surface area contributed by atoms with Crippen LogP contribution in [0.4, 0.5) is 28.4 Å². The van der Waals surface area contributed by atoms with Gasteiger partial charge in [-0.25, -0.2) is 0 Å². The summed E-state index contributed by atoms with van der Waals surface area (Å²) in [6.07, 6.45) is 3.47. The van der Waals surface area contributed by atoms with Crippen LogP contribution >= 0.6 is 0 Å². The minimum absolute atomic E-state index is 0.202. The third-order valence-electron chi connectivity index (χ3n) is 5.60. The summed E-state index contributed by atoms with van der Waals surface area (Å²) in [5.41, 5.74) is 6.97. The van der Waals surface area contributed by atoms with Gasteiger partial charge >= 0.3 is 0 Å². The molecular weight excluding hydrogens is 448 g/mol. The second-order valence-corrected chi connectivity index (χ2v) is 8.25. The first-order valence-corrected chi connectivity index (χ1v) is 11.3. The third-order valence-corrected chi connectivity index (χ3v) is 5.60. The summed E-state index contributed by atoms with van der Waals surface area (Å²) in [6, 6.07) is 28.0. The molecule has 5 rings (SSSR count). The van der Waals surface area contributed by atoms with Gasteiger partial charge in [-0.2, -0.15) is 5.26 Å². The zero-order chi connectivity index (χ0) is 24.9. The van der Waals surface area contributed by atoms with Gasteiger partial charge in [0.25, 0.3) is 5.91 Å². The number of benzene rings is 3. The van der Waals surface area contributed by atoms with Gasteiger partial charge in [-0.05, 0) is 85.8 Å². The molecule has 2 aromatic heterocycles. The van der Waals surface area contributed by atoms with Crippen molar-refractivity contribution in [3.8, 4) is 6.07 Å². The van der Waals surface area contributed by atoms with Gasteiger partial charge in [0.1, 0.15) is 0 Å². The van der Waals surface area contributed by atoms with Crippen molar-refractivity contribution in [2.75, 3.05) is 16.0 Å². The monoisotopic (exact) mass is 470 g/mol. The Bertz CT molecular complexity index is 1610. The lowest BCUT2D eigenvalue weighted by Gasteiger charge is -2.11. The van der Waals surface area contributed by atoms with Crippen molar-refractivity contribution in [3.05, 3.63) is 114 Å².